The van der Waals surface area contributed by atoms with Gasteiger partial charge >= 0.3 is 0 Å². The van der Waals surface area contributed by atoms with Crippen LogP contribution >= 0.6 is 0 Å². The average Bonchev–Trinajstić information content (AvgIpc) is 3.15. The number of hydrogen-bond donors (Lipinski definition) is 1. The van der Waals surface area contributed by atoms with Gasteiger partial charge in [0.2, 0.25) is 12.1 Å². The lowest BCUT2D eigenvalue weighted by molar-refractivity contribution is -0.109. The highest BCUT2D eigenvalue weighted by Crippen LogP contribution is 2.15. The van der Waals surface area contributed by atoms with Crippen molar-refractivity contribution >= 4 is 34.3 Å². The van der Waals surface area contributed by atoms with Crippen LogP contribution in [0.5, 0.6) is 0 Å². The Balaban J connectivity index is 1.56. The van der Waals surface area contributed by atoms with Gasteiger partial charge < -0.3 is 10.2 Å². The van der Waals surface area contributed by atoms with E-state index >= 15 is 0 Å². The standard InChI is InChI=1S/C19H18N8O2/c1-13(25-29-8-7-20-12-28)17-10-22-18-19(23-17)27(26-24-18)11-14-4-5-16-15(9-14)3-2-6-21-16/h2-6,9-10,12H,7-8,11H2,1H3,(H,20,28)/b25-13+. The van der Waals surface area contributed by atoms with E-state index in [1.165, 1.54) is 0 Å². The summed E-state index contributed by atoms with van der Waals surface area (Å²) in [6.45, 7) is 2.92. The third kappa shape index (κ3) is 4.15. The first-order valence-corrected chi connectivity index (χ1v) is 8.98. The minimum Gasteiger partial charge on any atom is -0.394 e. The van der Waals surface area contributed by atoms with Crippen LogP contribution in [0.4, 0.5) is 0 Å². The zero-order valence-corrected chi connectivity index (χ0v) is 15.7. The van der Waals surface area contributed by atoms with Gasteiger partial charge in [-0.05, 0) is 30.7 Å². The molecule has 1 aromatic carbocycles. The van der Waals surface area contributed by atoms with Crippen molar-refractivity contribution in [3.8, 4) is 0 Å². The first kappa shape index (κ1) is 18.4. The molecule has 0 atom stereocenters. The number of carbonyl (C=O) groups is 1. The Bertz CT molecular complexity index is 1190. The van der Waals surface area contributed by atoms with Crippen molar-refractivity contribution in [3.63, 3.8) is 0 Å². The molecular weight excluding hydrogens is 372 g/mol. The first-order chi connectivity index (χ1) is 14.2. The Hall–Kier alpha value is -3.95. The molecule has 0 fully saturated rings. The van der Waals surface area contributed by atoms with Gasteiger partial charge in [0, 0.05) is 11.6 Å². The van der Waals surface area contributed by atoms with Crippen LogP contribution in [0.3, 0.4) is 0 Å². The highest BCUT2D eigenvalue weighted by Gasteiger charge is 2.11. The highest BCUT2D eigenvalue weighted by atomic mass is 16.6. The Morgan fingerprint density at radius 1 is 1.31 bits per heavy atom. The molecule has 10 heteroatoms. The number of rotatable bonds is 8. The maximum absolute atomic E-state index is 10.2. The van der Waals surface area contributed by atoms with Gasteiger partial charge in [0.25, 0.3) is 0 Å². The van der Waals surface area contributed by atoms with Crippen LogP contribution in [-0.4, -0.2) is 55.2 Å². The maximum Gasteiger partial charge on any atom is 0.221 e. The fourth-order valence-corrected chi connectivity index (χ4v) is 2.79. The van der Waals surface area contributed by atoms with Crippen molar-refractivity contribution < 1.29 is 9.63 Å². The largest absolute Gasteiger partial charge is 0.394 e. The summed E-state index contributed by atoms with van der Waals surface area (Å²) >= 11 is 0. The predicted molar refractivity (Wildman–Crippen MR) is 106 cm³/mol. The molecule has 0 radical (unpaired) electrons. The average molecular weight is 390 g/mol. The van der Waals surface area contributed by atoms with Gasteiger partial charge in [-0.25, -0.2) is 14.6 Å². The fraction of sp³-hybridized carbons (Fsp3) is 0.211. The first-order valence-electron chi connectivity index (χ1n) is 8.98. The lowest BCUT2D eigenvalue weighted by atomic mass is 10.1. The molecule has 10 nitrogen and oxygen atoms in total. The number of hydrogen-bond acceptors (Lipinski definition) is 8. The van der Waals surface area contributed by atoms with E-state index in [1.54, 1.807) is 24.0 Å². The predicted octanol–water partition coefficient (Wildman–Crippen LogP) is 1.30. The number of benzene rings is 1. The Kier molecular flexibility index (Phi) is 5.32. The molecule has 1 amide bonds. The molecule has 0 saturated heterocycles. The lowest BCUT2D eigenvalue weighted by Gasteiger charge is -2.05. The van der Waals surface area contributed by atoms with Gasteiger partial charge in [-0.1, -0.05) is 22.5 Å². The molecule has 0 aliphatic heterocycles. The van der Waals surface area contributed by atoms with Gasteiger partial charge in [0.1, 0.15) is 18.0 Å². The highest BCUT2D eigenvalue weighted by molar-refractivity contribution is 5.97. The molecule has 0 aliphatic rings. The fourth-order valence-electron chi connectivity index (χ4n) is 2.79. The van der Waals surface area contributed by atoms with Crippen molar-refractivity contribution in [1.29, 1.82) is 0 Å². The molecule has 0 bridgehead atoms. The minimum atomic E-state index is 0.266. The maximum atomic E-state index is 10.2. The van der Waals surface area contributed by atoms with Crippen LogP contribution in [0, 0.1) is 0 Å². The van der Waals surface area contributed by atoms with Gasteiger partial charge in [0.15, 0.2) is 5.65 Å². The molecule has 146 valence electrons. The lowest BCUT2D eigenvalue weighted by Crippen LogP contribution is -2.16. The zero-order valence-electron chi connectivity index (χ0n) is 15.7. The van der Waals surface area contributed by atoms with Crippen molar-refractivity contribution in [2.75, 3.05) is 13.2 Å². The van der Waals surface area contributed by atoms with Crippen LogP contribution in [-0.2, 0) is 16.2 Å². The van der Waals surface area contributed by atoms with E-state index in [4.69, 9.17) is 4.84 Å². The Morgan fingerprint density at radius 3 is 3.14 bits per heavy atom. The zero-order chi connectivity index (χ0) is 20.1. The number of fused-ring (bicyclic) bond motifs is 2. The second kappa shape index (κ2) is 8.38. The SMILES string of the molecule is C/C(=N\OCCNC=O)c1cnc2nnn(Cc3ccc4ncccc4c3)c2n1. The molecule has 0 saturated carbocycles. The van der Waals surface area contributed by atoms with E-state index in [9.17, 15) is 4.79 Å². The number of nitrogens with zero attached hydrogens (tertiary/aromatic N) is 7. The number of aromatic nitrogens is 6. The summed E-state index contributed by atoms with van der Waals surface area (Å²) in [6, 6.07) is 9.99. The molecule has 3 aromatic heterocycles. The molecule has 0 unspecified atom stereocenters. The monoisotopic (exact) mass is 390 g/mol. The van der Waals surface area contributed by atoms with Crippen molar-refractivity contribution in [3.05, 3.63) is 54.0 Å². The summed E-state index contributed by atoms with van der Waals surface area (Å²) in [4.78, 5) is 28.6. The summed E-state index contributed by atoms with van der Waals surface area (Å²) in [5.74, 6) is 0. The van der Waals surface area contributed by atoms with E-state index in [0.29, 0.717) is 42.2 Å². The summed E-state index contributed by atoms with van der Waals surface area (Å²) in [7, 11) is 0. The summed E-state index contributed by atoms with van der Waals surface area (Å²) in [5, 5.41) is 15.8. The molecule has 0 aliphatic carbocycles. The number of nitrogens with one attached hydrogen (secondary N) is 1. The van der Waals surface area contributed by atoms with Crippen molar-refractivity contribution in [2.45, 2.75) is 13.5 Å². The molecule has 0 spiro atoms. The smallest absolute Gasteiger partial charge is 0.221 e. The number of oxime groups is 1. The Morgan fingerprint density at radius 2 is 2.24 bits per heavy atom. The molecule has 1 N–H and O–H groups in total. The third-order valence-corrected chi connectivity index (χ3v) is 4.22. The topological polar surface area (TPSA) is 120 Å². The number of carbonyl (C=O) groups excluding carboxylic acids is 1. The molecule has 4 rings (SSSR count). The quantitative estimate of drug-likeness (QED) is 0.208. The number of amides is 1. The van der Waals surface area contributed by atoms with E-state index in [0.717, 1.165) is 16.5 Å². The normalized spacial score (nSPS) is 11.7. The van der Waals surface area contributed by atoms with Gasteiger partial charge in [-0.3, -0.25) is 9.78 Å². The van der Waals surface area contributed by atoms with E-state index in [-0.39, 0.29) is 6.61 Å². The second-order valence-corrected chi connectivity index (χ2v) is 6.26. The summed E-state index contributed by atoms with van der Waals surface area (Å²) < 4.78 is 1.70. The Labute approximate surface area is 165 Å². The summed E-state index contributed by atoms with van der Waals surface area (Å²) in [6.07, 6.45) is 3.96. The van der Waals surface area contributed by atoms with Crippen molar-refractivity contribution in [2.24, 2.45) is 5.16 Å². The van der Waals surface area contributed by atoms with E-state index in [2.05, 4.69) is 41.8 Å². The second-order valence-electron chi connectivity index (χ2n) is 6.26. The van der Waals surface area contributed by atoms with E-state index < -0.39 is 0 Å². The number of pyridine rings is 1. The van der Waals surface area contributed by atoms with Crippen LogP contribution < -0.4 is 5.32 Å². The molecule has 3 heterocycles. The van der Waals surface area contributed by atoms with Crippen LogP contribution in [0.2, 0.25) is 0 Å². The molecule has 4 aromatic rings. The third-order valence-electron chi connectivity index (χ3n) is 4.22. The molecular formula is C19H18N8O2. The van der Waals surface area contributed by atoms with E-state index in [1.807, 2.05) is 24.3 Å². The van der Waals surface area contributed by atoms with Gasteiger partial charge in [0.05, 0.1) is 24.8 Å². The molecule has 29 heavy (non-hydrogen) atoms. The van der Waals surface area contributed by atoms with Crippen LogP contribution in [0.15, 0.2) is 47.9 Å². The minimum absolute atomic E-state index is 0.266. The van der Waals surface area contributed by atoms with Crippen molar-refractivity contribution in [1.82, 2.24) is 35.3 Å². The van der Waals surface area contributed by atoms with Crippen LogP contribution in [0.25, 0.3) is 22.2 Å². The van der Waals surface area contributed by atoms with Crippen LogP contribution in [0.1, 0.15) is 18.2 Å². The van der Waals surface area contributed by atoms with Gasteiger partial charge in [-0.2, -0.15) is 0 Å². The van der Waals surface area contributed by atoms with Gasteiger partial charge in [-0.15, -0.1) is 5.10 Å². The summed E-state index contributed by atoms with van der Waals surface area (Å²) in [5.41, 5.74) is 4.14.